The van der Waals surface area contributed by atoms with Crippen LogP contribution in [0.15, 0.2) is 35.3 Å². The van der Waals surface area contributed by atoms with E-state index in [1.165, 1.54) is 0 Å². The monoisotopic (exact) mass is 204 g/mol. The van der Waals surface area contributed by atoms with Crippen LogP contribution >= 0.6 is 0 Å². The maximum atomic E-state index is 10.9. The zero-order chi connectivity index (χ0) is 10.7. The fourth-order valence-electron chi connectivity index (χ4n) is 1.51. The molecule has 2 rings (SSSR count). The van der Waals surface area contributed by atoms with Crippen molar-refractivity contribution < 1.29 is 5.11 Å². The summed E-state index contributed by atoms with van der Waals surface area (Å²) >= 11 is 0. The fraction of sp³-hybridized carbons (Fsp3) is 0.182. The number of benzene rings is 1. The maximum absolute atomic E-state index is 10.9. The van der Waals surface area contributed by atoms with Crippen LogP contribution in [0.4, 0.5) is 0 Å². The van der Waals surface area contributed by atoms with Gasteiger partial charge in [-0.3, -0.25) is 0 Å². The summed E-state index contributed by atoms with van der Waals surface area (Å²) in [5.41, 5.74) is 2.55. The number of hydrogen-bond acceptors (Lipinski definition) is 2. The molecule has 0 atom stereocenters. The first-order chi connectivity index (χ1) is 7.29. The summed E-state index contributed by atoms with van der Waals surface area (Å²) in [6.07, 6.45) is 2.27. The van der Waals surface area contributed by atoms with Gasteiger partial charge in [0.2, 0.25) is 0 Å². The summed E-state index contributed by atoms with van der Waals surface area (Å²) in [6, 6.07) is 7.73. The van der Waals surface area contributed by atoms with Crippen LogP contribution in [-0.2, 0) is 6.42 Å². The highest BCUT2D eigenvalue weighted by Gasteiger charge is 2.00. The van der Waals surface area contributed by atoms with Crippen LogP contribution in [0.5, 0.6) is 0 Å². The molecular weight excluding hydrogens is 192 g/mol. The molecule has 4 nitrogen and oxygen atoms in total. The van der Waals surface area contributed by atoms with Crippen molar-refractivity contribution in [2.45, 2.75) is 6.42 Å². The third kappa shape index (κ3) is 2.16. The largest absolute Gasteiger partial charge is 0.396 e. The van der Waals surface area contributed by atoms with E-state index in [9.17, 15) is 4.79 Å². The Morgan fingerprint density at radius 2 is 2.20 bits per heavy atom. The van der Waals surface area contributed by atoms with E-state index in [2.05, 4.69) is 9.97 Å². The van der Waals surface area contributed by atoms with E-state index >= 15 is 0 Å². The van der Waals surface area contributed by atoms with Crippen molar-refractivity contribution in [1.29, 1.82) is 0 Å². The quantitative estimate of drug-likeness (QED) is 0.695. The summed E-state index contributed by atoms with van der Waals surface area (Å²) < 4.78 is 0. The minimum atomic E-state index is -0.211. The lowest BCUT2D eigenvalue weighted by atomic mass is 10.1. The van der Waals surface area contributed by atoms with E-state index in [4.69, 9.17) is 5.11 Å². The maximum Gasteiger partial charge on any atom is 0.323 e. The van der Waals surface area contributed by atoms with Gasteiger partial charge in [0.15, 0.2) is 0 Å². The van der Waals surface area contributed by atoms with Gasteiger partial charge in [-0.05, 0) is 23.6 Å². The number of imidazole rings is 1. The molecule has 0 saturated heterocycles. The number of rotatable bonds is 3. The Hall–Kier alpha value is -1.81. The van der Waals surface area contributed by atoms with E-state index in [-0.39, 0.29) is 12.3 Å². The molecule has 0 saturated carbocycles. The van der Waals surface area contributed by atoms with E-state index in [1.54, 1.807) is 6.20 Å². The molecule has 0 spiro atoms. The molecule has 4 heteroatoms. The Bertz CT molecular complexity index is 499. The number of H-pyrrole nitrogens is 2. The van der Waals surface area contributed by atoms with E-state index in [1.807, 2.05) is 24.3 Å². The third-order valence-electron chi connectivity index (χ3n) is 2.23. The molecule has 15 heavy (non-hydrogen) atoms. The molecule has 0 bridgehead atoms. The number of aliphatic hydroxyl groups excluding tert-OH is 1. The average molecular weight is 204 g/mol. The second-order valence-electron chi connectivity index (χ2n) is 3.33. The average Bonchev–Trinajstić information content (AvgIpc) is 2.66. The molecule has 1 aromatic carbocycles. The van der Waals surface area contributed by atoms with Gasteiger partial charge in [-0.1, -0.05) is 18.2 Å². The van der Waals surface area contributed by atoms with E-state index < -0.39 is 0 Å². The van der Waals surface area contributed by atoms with Gasteiger partial charge in [0.1, 0.15) is 0 Å². The standard InChI is InChI=1S/C11H12N2O2/c14-5-4-8-2-1-3-9(6-8)10-7-12-11(15)13-10/h1-3,6-7,14H,4-5H2,(H2,12,13,15). The summed E-state index contributed by atoms with van der Waals surface area (Å²) in [4.78, 5) is 16.2. The van der Waals surface area contributed by atoms with Crippen molar-refractivity contribution >= 4 is 0 Å². The lowest BCUT2D eigenvalue weighted by molar-refractivity contribution is 0.299. The van der Waals surface area contributed by atoms with Crippen molar-refractivity contribution in [3.05, 3.63) is 46.5 Å². The lowest BCUT2D eigenvalue weighted by Gasteiger charge is -2.01. The summed E-state index contributed by atoms with van der Waals surface area (Å²) in [5, 5.41) is 8.82. The number of aromatic nitrogens is 2. The molecule has 0 aliphatic carbocycles. The molecule has 78 valence electrons. The number of aliphatic hydroxyl groups is 1. The molecule has 0 unspecified atom stereocenters. The minimum absolute atomic E-state index is 0.132. The SMILES string of the molecule is O=c1[nH]cc(-c2cccc(CCO)c2)[nH]1. The van der Waals surface area contributed by atoms with Crippen LogP contribution in [-0.4, -0.2) is 21.7 Å². The van der Waals surface area contributed by atoms with Crippen LogP contribution in [0, 0.1) is 0 Å². The van der Waals surface area contributed by atoms with E-state index in [0.717, 1.165) is 16.8 Å². The van der Waals surface area contributed by atoms with Crippen LogP contribution in [0.25, 0.3) is 11.3 Å². The van der Waals surface area contributed by atoms with Crippen molar-refractivity contribution in [3.8, 4) is 11.3 Å². The first kappa shape index (κ1) is 9.73. The van der Waals surface area contributed by atoms with Crippen molar-refractivity contribution in [1.82, 2.24) is 9.97 Å². The summed E-state index contributed by atoms with van der Waals surface area (Å²) in [6.45, 7) is 0.132. The second kappa shape index (κ2) is 4.14. The van der Waals surface area contributed by atoms with Gasteiger partial charge in [-0.15, -0.1) is 0 Å². The van der Waals surface area contributed by atoms with Gasteiger partial charge in [0, 0.05) is 12.8 Å². The topological polar surface area (TPSA) is 68.9 Å². The summed E-state index contributed by atoms with van der Waals surface area (Å²) in [7, 11) is 0. The highest BCUT2D eigenvalue weighted by atomic mass is 16.2. The highest BCUT2D eigenvalue weighted by molar-refractivity contribution is 5.58. The zero-order valence-electron chi connectivity index (χ0n) is 8.16. The van der Waals surface area contributed by atoms with Gasteiger partial charge in [0.25, 0.3) is 0 Å². The molecule has 1 aromatic heterocycles. The van der Waals surface area contributed by atoms with Gasteiger partial charge in [0.05, 0.1) is 5.69 Å². The highest BCUT2D eigenvalue weighted by Crippen LogP contribution is 2.16. The van der Waals surface area contributed by atoms with Gasteiger partial charge >= 0.3 is 5.69 Å². The molecule has 0 amide bonds. The fourth-order valence-corrected chi connectivity index (χ4v) is 1.51. The van der Waals surface area contributed by atoms with Crippen LogP contribution in [0.2, 0.25) is 0 Å². The Kier molecular flexibility index (Phi) is 2.69. The van der Waals surface area contributed by atoms with Crippen LogP contribution < -0.4 is 5.69 Å². The van der Waals surface area contributed by atoms with Crippen molar-refractivity contribution in [2.75, 3.05) is 6.61 Å². The van der Waals surface area contributed by atoms with Gasteiger partial charge < -0.3 is 15.1 Å². The predicted octanol–water partition coefficient (Wildman–Crippen LogP) is 0.905. The smallest absolute Gasteiger partial charge is 0.323 e. The normalized spacial score (nSPS) is 10.5. The first-order valence-electron chi connectivity index (χ1n) is 4.77. The van der Waals surface area contributed by atoms with Crippen LogP contribution in [0.1, 0.15) is 5.56 Å². The molecule has 0 aliphatic rings. The molecule has 2 aromatic rings. The minimum Gasteiger partial charge on any atom is -0.396 e. The first-order valence-corrected chi connectivity index (χ1v) is 4.77. The molecule has 3 N–H and O–H groups in total. The molecule has 0 radical (unpaired) electrons. The summed E-state index contributed by atoms with van der Waals surface area (Å²) in [5.74, 6) is 0. The van der Waals surface area contributed by atoms with Crippen molar-refractivity contribution in [2.24, 2.45) is 0 Å². The molecule has 1 heterocycles. The number of aromatic amines is 2. The van der Waals surface area contributed by atoms with Gasteiger partial charge in [-0.2, -0.15) is 0 Å². The third-order valence-corrected chi connectivity index (χ3v) is 2.23. The Morgan fingerprint density at radius 3 is 2.87 bits per heavy atom. The Labute approximate surface area is 86.6 Å². The molecule has 0 aliphatic heterocycles. The van der Waals surface area contributed by atoms with Crippen LogP contribution in [0.3, 0.4) is 0 Å². The second-order valence-corrected chi connectivity index (χ2v) is 3.33. The Morgan fingerprint density at radius 1 is 1.33 bits per heavy atom. The molecular formula is C11H12N2O2. The lowest BCUT2D eigenvalue weighted by Crippen LogP contribution is -2.00. The van der Waals surface area contributed by atoms with Crippen molar-refractivity contribution in [3.63, 3.8) is 0 Å². The Balaban J connectivity index is 2.36. The van der Waals surface area contributed by atoms with E-state index in [0.29, 0.717) is 6.42 Å². The van der Waals surface area contributed by atoms with Gasteiger partial charge in [-0.25, -0.2) is 4.79 Å². The number of nitrogens with one attached hydrogen (secondary N) is 2. The predicted molar refractivity (Wildman–Crippen MR) is 57.6 cm³/mol. The molecule has 0 fully saturated rings. The number of hydrogen-bond donors (Lipinski definition) is 3. The zero-order valence-corrected chi connectivity index (χ0v) is 8.16.